The fourth-order valence-corrected chi connectivity index (χ4v) is 2.49. The number of rotatable bonds is 2. The lowest BCUT2D eigenvalue weighted by atomic mass is 10.2. The van der Waals surface area contributed by atoms with Crippen molar-refractivity contribution in [2.75, 3.05) is 5.73 Å². The molecular formula is C12H13Br2N3. The molecule has 1 aromatic carbocycles. The zero-order valence-corrected chi connectivity index (χ0v) is 12.8. The Morgan fingerprint density at radius 1 is 1.29 bits per heavy atom. The smallest absolute Gasteiger partial charge is 0.0738 e. The van der Waals surface area contributed by atoms with E-state index >= 15 is 0 Å². The van der Waals surface area contributed by atoms with Crippen LogP contribution in [-0.2, 0) is 6.54 Å². The molecule has 1 heterocycles. The van der Waals surface area contributed by atoms with Gasteiger partial charge in [0.15, 0.2) is 0 Å². The third-order valence-electron chi connectivity index (χ3n) is 2.69. The van der Waals surface area contributed by atoms with Gasteiger partial charge in [0.25, 0.3) is 0 Å². The van der Waals surface area contributed by atoms with Crippen molar-refractivity contribution in [2.24, 2.45) is 0 Å². The summed E-state index contributed by atoms with van der Waals surface area (Å²) in [6.07, 6.45) is 0. The van der Waals surface area contributed by atoms with Gasteiger partial charge in [-0.05, 0) is 47.5 Å². The molecule has 0 atom stereocenters. The van der Waals surface area contributed by atoms with Crippen molar-refractivity contribution >= 4 is 37.5 Å². The van der Waals surface area contributed by atoms with Crippen LogP contribution >= 0.6 is 31.9 Å². The summed E-state index contributed by atoms with van der Waals surface area (Å²) in [5.41, 5.74) is 9.78. The topological polar surface area (TPSA) is 43.8 Å². The molecule has 0 radical (unpaired) electrons. The van der Waals surface area contributed by atoms with Gasteiger partial charge in [0.2, 0.25) is 0 Å². The molecule has 2 aromatic rings. The standard InChI is InChI=1S/C12H13Br2N3/c1-7-12(14)8(2)17(16-7)6-9-3-4-10(15)5-11(9)13/h3-5H,6,15H2,1-2H3. The summed E-state index contributed by atoms with van der Waals surface area (Å²) >= 11 is 7.05. The molecule has 0 aliphatic carbocycles. The Kier molecular flexibility index (Phi) is 3.58. The van der Waals surface area contributed by atoms with Gasteiger partial charge in [0, 0.05) is 10.2 Å². The number of benzene rings is 1. The molecule has 5 heteroatoms. The summed E-state index contributed by atoms with van der Waals surface area (Å²) in [6.45, 7) is 4.78. The highest BCUT2D eigenvalue weighted by molar-refractivity contribution is 9.10. The van der Waals surface area contributed by atoms with E-state index in [0.717, 1.165) is 38.1 Å². The summed E-state index contributed by atoms with van der Waals surface area (Å²) in [7, 11) is 0. The summed E-state index contributed by atoms with van der Waals surface area (Å²) in [6, 6.07) is 5.83. The second kappa shape index (κ2) is 4.82. The van der Waals surface area contributed by atoms with E-state index in [-0.39, 0.29) is 0 Å². The van der Waals surface area contributed by atoms with E-state index in [0.29, 0.717) is 0 Å². The Morgan fingerprint density at radius 2 is 2.00 bits per heavy atom. The zero-order valence-electron chi connectivity index (χ0n) is 9.67. The molecule has 0 aliphatic rings. The third-order valence-corrected chi connectivity index (χ3v) is 4.58. The summed E-state index contributed by atoms with van der Waals surface area (Å²) < 4.78 is 4.07. The number of hydrogen-bond acceptors (Lipinski definition) is 2. The fourth-order valence-electron chi connectivity index (χ4n) is 1.68. The maximum atomic E-state index is 5.72. The molecule has 0 saturated carbocycles. The molecule has 17 heavy (non-hydrogen) atoms. The number of aryl methyl sites for hydroxylation is 1. The molecular weight excluding hydrogens is 346 g/mol. The van der Waals surface area contributed by atoms with Crippen LogP contribution in [0.3, 0.4) is 0 Å². The Labute approximate surface area is 117 Å². The minimum atomic E-state index is 0.735. The largest absolute Gasteiger partial charge is 0.399 e. The average Bonchev–Trinajstić information content (AvgIpc) is 2.50. The fraction of sp³-hybridized carbons (Fsp3) is 0.250. The van der Waals surface area contributed by atoms with Crippen molar-refractivity contribution in [1.82, 2.24) is 9.78 Å². The lowest BCUT2D eigenvalue weighted by molar-refractivity contribution is 0.657. The van der Waals surface area contributed by atoms with Gasteiger partial charge in [0.1, 0.15) is 0 Å². The monoisotopic (exact) mass is 357 g/mol. The van der Waals surface area contributed by atoms with E-state index in [9.17, 15) is 0 Å². The van der Waals surface area contributed by atoms with Crippen molar-refractivity contribution in [1.29, 1.82) is 0 Å². The van der Waals surface area contributed by atoms with Crippen LogP contribution in [0.25, 0.3) is 0 Å². The molecule has 0 amide bonds. The number of halogens is 2. The van der Waals surface area contributed by atoms with Crippen LogP contribution < -0.4 is 5.73 Å². The number of hydrogen-bond donors (Lipinski definition) is 1. The number of anilines is 1. The van der Waals surface area contributed by atoms with Gasteiger partial charge in [0.05, 0.1) is 22.4 Å². The quantitative estimate of drug-likeness (QED) is 0.832. The van der Waals surface area contributed by atoms with E-state index in [1.807, 2.05) is 29.8 Å². The van der Waals surface area contributed by atoms with Gasteiger partial charge in [-0.25, -0.2) is 0 Å². The van der Waals surface area contributed by atoms with Gasteiger partial charge in [-0.2, -0.15) is 5.10 Å². The number of nitrogens with zero attached hydrogens (tertiary/aromatic N) is 2. The summed E-state index contributed by atoms with van der Waals surface area (Å²) in [4.78, 5) is 0. The second-order valence-corrected chi connectivity index (χ2v) is 5.64. The van der Waals surface area contributed by atoms with Crippen LogP contribution in [0.4, 0.5) is 5.69 Å². The number of nitrogen functional groups attached to an aromatic ring is 1. The summed E-state index contributed by atoms with van der Waals surface area (Å²) in [5.74, 6) is 0. The second-order valence-electron chi connectivity index (χ2n) is 3.99. The van der Waals surface area contributed by atoms with Gasteiger partial charge in [-0.15, -0.1) is 0 Å². The molecule has 2 N–H and O–H groups in total. The maximum absolute atomic E-state index is 5.72. The molecule has 1 aromatic heterocycles. The van der Waals surface area contributed by atoms with Crippen molar-refractivity contribution in [3.8, 4) is 0 Å². The van der Waals surface area contributed by atoms with Gasteiger partial charge < -0.3 is 5.73 Å². The SMILES string of the molecule is Cc1nn(Cc2ccc(N)cc2Br)c(C)c1Br. The Balaban J connectivity index is 2.34. The van der Waals surface area contributed by atoms with Crippen molar-refractivity contribution in [3.05, 3.63) is 44.1 Å². The van der Waals surface area contributed by atoms with E-state index in [1.165, 1.54) is 0 Å². The minimum Gasteiger partial charge on any atom is -0.399 e. The molecule has 0 fully saturated rings. The first-order chi connectivity index (χ1) is 7.99. The van der Waals surface area contributed by atoms with Gasteiger partial charge in [-0.1, -0.05) is 22.0 Å². The normalized spacial score (nSPS) is 10.8. The van der Waals surface area contributed by atoms with Gasteiger partial charge in [-0.3, -0.25) is 4.68 Å². The van der Waals surface area contributed by atoms with Crippen LogP contribution in [0.5, 0.6) is 0 Å². The molecule has 3 nitrogen and oxygen atoms in total. The molecule has 90 valence electrons. The highest BCUT2D eigenvalue weighted by atomic mass is 79.9. The van der Waals surface area contributed by atoms with Crippen LogP contribution in [0.2, 0.25) is 0 Å². The minimum absolute atomic E-state index is 0.735. The predicted molar refractivity (Wildman–Crippen MR) is 77.1 cm³/mol. The van der Waals surface area contributed by atoms with E-state index in [1.54, 1.807) is 0 Å². The number of aromatic nitrogens is 2. The van der Waals surface area contributed by atoms with Crippen LogP contribution in [0.1, 0.15) is 17.0 Å². The highest BCUT2D eigenvalue weighted by Gasteiger charge is 2.10. The molecule has 0 aliphatic heterocycles. The predicted octanol–water partition coefficient (Wildman–Crippen LogP) is 3.66. The van der Waals surface area contributed by atoms with Crippen LogP contribution in [0, 0.1) is 13.8 Å². The maximum Gasteiger partial charge on any atom is 0.0738 e. The van der Waals surface area contributed by atoms with Crippen molar-refractivity contribution in [2.45, 2.75) is 20.4 Å². The van der Waals surface area contributed by atoms with Crippen molar-refractivity contribution in [3.63, 3.8) is 0 Å². The zero-order chi connectivity index (χ0) is 12.6. The van der Waals surface area contributed by atoms with E-state index in [2.05, 4.69) is 43.9 Å². The molecule has 0 bridgehead atoms. The van der Waals surface area contributed by atoms with Crippen LogP contribution in [0.15, 0.2) is 27.1 Å². The average molecular weight is 359 g/mol. The van der Waals surface area contributed by atoms with Crippen LogP contribution in [-0.4, -0.2) is 9.78 Å². The Morgan fingerprint density at radius 3 is 2.53 bits per heavy atom. The number of nitrogens with two attached hydrogens (primary N) is 1. The first-order valence-electron chi connectivity index (χ1n) is 5.22. The lowest BCUT2D eigenvalue weighted by Crippen LogP contribution is -2.05. The first-order valence-corrected chi connectivity index (χ1v) is 6.81. The third kappa shape index (κ3) is 2.55. The molecule has 2 rings (SSSR count). The van der Waals surface area contributed by atoms with E-state index in [4.69, 9.17) is 5.73 Å². The molecule has 0 spiro atoms. The van der Waals surface area contributed by atoms with Gasteiger partial charge >= 0.3 is 0 Å². The van der Waals surface area contributed by atoms with Crippen molar-refractivity contribution < 1.29 is 0 Å². The highest BCUT2D eigenvalue weighted by Crippen LogP contribution is 2.24. The summed E-state index contributed by atoms with van der Waals surface area (Å²) in [5, 5.41) is 4.49. The Hall–Kier alpha value is -0.810. The van der Waals surface area contributed by atoms with E-state index < -0.39 is 0 Å². The molecule has 0 saturated heterocycles. The molecule has 0 unspecified atom stereocenters. The Bertz CT molecular complexity index is 561. The first kappa shape index (κ1) is 12.6. The lowest BCUT2D eigenvalue weighted by Gasteiger charge is -2.07.